The Kier molecular flexibility index (Phi) is 6.96. The lowest BCUT2D eigenvalue weighted by atomic mass is 10.1. The van der Waals surface area contributed by atoms with Gasteiger partial charge in [-0.2, -0.15) is 0 Å². The molecule has 3 aromatic rings. The normalized spacial score (nSPS) is 10.8. The van der Waals surface area contributed by atoms with Gasteiger partial charge in [0.2, 0.25) is 0 Å². The maximum atomic E-state index is 9.22. The summed E-state index contributed by atoms with van der Waals surface area (Å²) in [5.74, 6) is 1.49. The molecular formula is C22H24Cl2N4O. The molecule has 5 nitrogen and oxygen atoms in total. The number of benzene rings is 2. The van der Waals surface area contributed by atoms with Crippen molar-refractivity contribution in [2.45, 2.75) is 13.0 Å². The Hall–Kier alpha value is -2.34. The number of anilines is 2. The minimum atomic E-state index is 0.112. The van der Waals surface area contributed by atoms with Crippen molar-refractivity contribution in [2.75, 3.05) is 37.5 Å². The molecule has 7 heteroatoms. The van der Waals surface area contributed by atoms with Gasteiger partial charge in [-0.05, 0) is 30.2 Å². The zero-order valence-corrected chi connectivity index (χ0v) is 18.2. The van der Waals surface area contributed by atoms with Crippen molar-refractivity contribution in [3.8, 4) is 11.3 Å². The second kappa shape index (κ2) is 9.44. The van der Waals surface area contributed by atoms with Crippen LogP contribution in [-0.2, 0) is 13.0 Å². The summed E-state index contributed by atoms with van der Waals surface area (Å²) in [6.07, 6.45) is 2.38. The van der Waals surface area contributed by atoms with Gasteiger partial charge in [0.15, 0.2) is 11.6 Å². The first kappa shape index (κ1) is 21.4. The molecule has 2 aromatic carbocycles. The van der Waals surface area contributed by atoms with E-state index in [9.17, 15) is 5.11 Å². The molecule has 0 amide bonds. The molecule has 0 aliphatic rings. The summed E-state index contributed by atoms with van der Waals surface area (Å²) in [4.78, 5) is 13.5. The summed E-state index contributed by atoms with van der Waals surface area (Å²) >= 11 is 12.7. The van der Waals surface area contributed by atoms with Gasteiger partial charge in [0.05, 0.1) is 11.9 Å². The molecule has 0 spiro atoms. The highest BCUT2D eigenvalue weighted by molar-refractivity contribution is 6.36. The Labute approximate surface area is 181 Å². The molecule has 0 bridgehead atoms. The van der Waals surface area contributed by atoms with Gasteiger partial charge in [0.25, 0.3) is 0 Å². The SMILES string of the molecule is CN(C)c1ncc(-c2cccc(CCO)c2)nc1N(C)Cc1c(Cl)cccc1Cl. The lowest BCUT2D eigenvalue weighted by molar-refractivity contribution is 0.299. The lowest BCUT2D eigenvalue weighted by Crippen LogP contribution is -2.23. The first-order valence-corrected chi connectivity index (χ1v) is 10.0. The monoisotopic (exact) mass is 430 g/mol. The van der Waals surface area contributed by atoms with Crippen molar-refractivity contribution in [3.05, 3.63) is 69.8 Å². The molecule has 1 N–H and O–H groups in total. The van der Waals surface area contributed by atoms with Crippen molar-refractivity contribution in [1.82, 2.24) is 9.97 Å². The minimum Gasteiger partial charge on any atom is -0.396 e. The van der Waals surface area contributed by atoms with E-state index in [1.807, 2.05) is 73.4 Å². The van der Waals surface area contributed by atoms with Crippen molar-refractivity contribution in [3.63, 3.8) is 0 Å². The molecule has 0 aliphatic heterocycles. The zero-order chi connectivity index (χ0) is 21.0. The van der Waals surface area contributed by atoms with Gasteiger partial charge in [-0.25, -0.2) is 9.97 Å². The molecule has 152 valence electrons. The van der Waals surface area contributed by atoms with E-state index in [2.05, 4.69) is 4.98 Å². The number of hydrogen-bond acceptors (Lipinski definition) is 5. The van der Waals surface area contributed by atoms with Crippen LogP contribution in [0.5, 0.6) is 0 Å². The van der Waals surface area contributed by atoms with Crippen molar-refractivity contribution in [2.24, 2.45) is 0 Å². The molecule has 0 fully saturated rings. The lowest BCUT2D eigenvalue weighted by Gasteiger charge is -2.25. The minimum absolute atomic E-state index is 0.112. The number of aliphatic hydroxyl groups excluding tert-OH is 1. The summed E-state index contributed by atoms with van der Waals surface area (Å²) < 4.78 is 0. The number of nitrogens with zero attached hydrogens (tertiary/aromatic N) is 4. The summed E-state index contributed by atoms with van der Waals surface area (Å²) in [6, 6.07) is 13.5. The fraction of sp³-hybridized carbons (Fsp3) is 0.273. The second-order valence-electron chi connectivity index (χ2n) is 7.03. The Morgan fingerprint density at radius 3 is 2.31 bits per heavy atom. The number of aliphatic hydroxyl groups is 1. The van der Waals surface area contributed by atoms with Crippen molar-refractivity contribution >= 4 is 34.8 Å². The summed E-state index contributed by atoms with van der Waals surface area (Å²) in [7, 11) is 5.82. The summed E-state index contributed by atoms with van der Waals surface area (Å²) in [5, 5.41) is 10.5. The first-order valence-electron chi connectivity index (χ1n) is 9.29. The predicted molar refractivity (Wildman–Crippen MR) is 121 cm³/mol. The molecule has 1 heterocycles. The molecule has 0 radical (unpaired) electrons. The van der Waals surface area contributed by atoms with Gasteiger partial charge in [0, 0.05) is 55.5 Å². The van der Waals surface area contributed by atoms with E-state index in [0.717, 1.165) is 34.0 Å². The highest BCUT2D eigenvalue weighted by atomic mass is 35.5. The van der Waals surface area contributed by atoms with E-state index in [1.54, 1.807) is 6.20 Å². The number of rotatable bonds is 7. The second-order valence-corrected chi connectivity index (χ2v) is 7.84. The van der Waals surface area contributed by atoms with Crippen LogP contribution < -0.4 is 9.80 Å². The van der Waals surface area contributed by atoms with Crippen LogP contribution in [0.15, 0.2) is 48.7 Å². The zero-order valence-electron chi connectivity index (χ0n) is 16.7. The molecule has 0 unspecified atom stereocenters. The van der Waals surface area contributed by atoms with Crippen LogP contribution in [0.4, 0.5) is 11.6 Å². The summed E-state index contributed by atoms with van der Waals surface area (Å²) in [6.45, 7) is 0.614. The third kappa shape index (κ3) is 4.99. The molecule has 3 rings (SSSR count). The van der Waals surface area contributed by atoms with E-state index < -0.39 is 0 Å². The quantitative estimate of drug-likeness (QED) is 0.589. The highest BCUT2D eigenvalue weighted by Crippen LogP contribution is 2.31. The Bertz CT molecular complexity index is 974. The Morgan fingerprint density at radius 2 is 1.66 bits per heavy atom. The molecular weight excluding hydrogens is 407 g/mol. The fourth-order valence-electron chi connectivity index (χ4n) is 3.09. The maximum absolute atomic E-state index is 9.22. The Balaban J connectivity index is 2.00. The van der Waals surface area contributed by atoms with E-state index in [1.165, 1.54) is 0 Å². The third-order valence-electron chi connectivity index (χ3n) is 4.60. The van der Waals surface area contributed by atoms with E-state index in [4.69, 9.17) is 28.2 Å². The third-order valence-corrected chi connectivity index (χ3v) is 5.31. The van der Waals surface area contributed by atoms with E-state index in [0.29, 0.717) is 23.0 Å². The predicted octanol–water partition coefficient (Wildman–Crippen LogP) is 4.69. The van der Waals surface area contributed by atoms with Crippen LogP contribution in [0.25, 0.3) is 11.3 Å². The highest BCUT2D eigenvalue weighted by Gasteiger charge is 2.17. The van der Waals surface area contributed by atoms with Gasteiger partial charge < -0.3 is 14.9 Å². The molecule has 0 aliphatic carbocycles. The number of halogens is 2. The Morgan fingerprint density at radius 1 is 0.966 bits per heavy atom. The van der Waals surface area contributed by atoms with Gasteiger partial charge >= 0.3 is 0 Å². The largest absolute Gasteiger partial charge is 0.396 e. The van der Waals surface area contributed by atoms with Crippen LogP contribution in [0.3, 0.4) is 0 Å². The van der Waals surface area contributed by atoms with Gasteiger partial charge in [-0.1, -0.05) is 47.5 Å². The topological polar surface area (TPSA) is 52.5 Å². The van der Waals surface area contributed by atoms with E-state index in [-0.39, 0.29) is 6.61 Å². The van der Waals surface area contributed by atoms with Crippen molar-refractivity contribution in [1.29, 1.82) is 0 Å². The molecule has 0 saturated heterocycles. The smallest absolute Gasteiger partial charge is 0.172 e. The van der Waals surface area contributed by atoms with Gasteiger partial charge in [-0.15, -0.1) is 0 Å². The van der Waals surface area contributed by atoms with Crippen LogP contribution in [-0.4, -0.2) is 42.8 Å². The van der Waals surface area contributed by atoms with Crippen LogP contribution in [0.2, 0.25) is 10.0 Å². The number of aromatic nitrogens is 2. The standard InChI is InChI=1S/C22H24Cl2N4O/c1-27(2)21-22(28(3)14-17-18(23)8-5-9-19(17)24)26-20(13-25-21)16-7-4-6-15(12-16)10-11-29/h4-9,12-13,29H,10-11,14H2,1-3H3. The van der Waals surface area contributed by atoms with Gasteiger partial charge in [-0.3, -0.25) is 0 Å². The average molecular weight is 431 g/mol. The van der Waals surface area contributed by atoms with Crippen LogP contribution in [0.1, 0.15) is 11.1 Å². The first-order chi connectivity index (χ1) is 13.9. The van der Waals surface area contributed by atoms with Crippen LogP contribution in [0, 0.1) is 0 Å². The molecule has 0 atom stereocenters. The van der Waals surface area contributed by atoms with Gasteiger partial charge in [0.1, 0.15) is 0 Å². The number of hydrogen-bond donors (Lipinski definition) is 1. The maximum Gasteiger partial charge on any atom is 0.172 e. The molecule has 29 heavy (non-hydrogen) atoms. The molecule has 0 saturated carbocycles. The summed E-state index contributed by atoms with van der Waals surface area (Å²) in [5.41, 5.74) is 3.63. The van der Waals surface area contributed by atoms with Crippen molar-refractivity contribution < 1.29 is 5.11 Å². The van der Waals surface area contributed by atoms with E-state index >= 15 is 0 Å². The average Bonchev–Trinajstić information content (AvgIpc) is 2.70. The van der Waals surface area contributed by atoms with Crippen LogP contribution >= 0.6 is 23.2 Å². The fourth-order valence-corrected chi connectivity index (χ4v) is 3.61. The molecule has 1 aromatic heterocycles.